The van der Waals surface area contributed by atoms with Gasteiger partial charge in [0, 0.05) is 18.8 Å². The van der Waals surface area contributed by atoms with Gasteiger partial charge in [-0.05, 0) is 24.3 Å². The summed E-state index contributed by atoms with van der Waals surface area (Å²) in [6.07, 6.45) is 4.06. The molecule has 90 valence electrons. The van der Waals surface area contributed by atoms with Crippen LogP contribution in [0.1, 0.15) is 13.3 Å². The van der Waals surface area contributed by atoms with E-state index in [-0.39, 0.29) is 17.1 Å². The lowest BCUT2D eigenvalue weighted by atomic mass is 10.2. The van der Waals surface area contributed by atoms with Crippen LogP contribution in [0.25, 0.3) is 0 Å². The van der Waals surface area contributed by atoms with E-state index in [1.54, 1.807) is 11.8 Å². The summed E-state index contributed by atoms with van der Waals surface area (Å²) in [5.41, 5.74) is 0. The maximum atomic E-state index is 13.5. The summed E-state index contributed by atoms with van der Waals surface area (Å²) in [4.78, 5) is 9.34. The molecular formula is C10H15ClFN3S. The molecule has 0 aromatic carbocycles. The van der Waals surface area contributed by atoms with E-state index in [1.165, 1.54) is 0 Å². The highest BCUT2D eigenvalue weighted by Gasteiger charge is 2.18. The first-order valence-electron chi connectivity index (χ1n) is 5.00. The van der Waals surface area contributed by atoms with Gasteiger partial charge in [-0.25, -0.2) is 9.37 Å². The molecule has 0 amide bonds. The molecule has 0 aliphatic carbocycles. The average molecular weight is 264 g/mol. The lowest BCUT2D eigenvalue weighted by Crippen LogP contribution is -2.34. The molecule has 0 saturated carbocycles. The van der Waals surface area contributed by atoms with Crippen LogP contribution in [0, 0.1) is 5.82 Å². The summed E-state index contributed by atoms with van der Waals surface area (Å²) in [5, 5.41) is 0.0715. The molecule has 1 heterocycles. The molecule has 0 saturated heterocycles. The molecule has 1 unspecified atom stereocenters. The first-order chi connectivity index (χ1) is 7.60. The van der Waals surface area contributed by atoms with Crippen LogP contribution in [0.2, 0.25) is 5.28 Å². The van der Waals surface area contributed by atoms with Gasteiger partial charge in [-0.2, -0.15) is 16.7 Å². The summed E-state index contributed by atoms with van der Waals surface area (Å²) in [6.45, 7) is 2.07. The Morgan fingerprint density at radius 3 is 2.88 bits per heavy atom. The van der Waals surface area contributed by atoms with Crippen molar-refractivity contribution in [3.8, 4) is 0 Å². The number of hydrogen-bond donors (Lipinski definition) is 0. The first kappa shape index (κ1) is 13.5. The van der Waals surface area contributed by atoms with Gasteiger partial charge in [0.15, 0.2) is 11.6 Å². The number of halogens is 2. The van der Waals surface area contributed by atoms with Crippen LogP contribution in [0.5, 0.6) is 0 Å². The molecule has 1 atom stereocenters. The fourth-order valence-electron chi connectivity index (χ4n) is 1.45. The van der Waals surface area contributed by atoms with Crippen molar-refractivity contribution < 1.29 is 4.39 Å². The van der Waals surface area contributed by atoms with Crippen molar-refractivity contribution in [2.75, 3.05) is 24.0 Å². The number of anilines is 1. The highest BCUT2D eigenvalue weighted by atomic mass is 35.5. The standard InChI is InChI=1S/C10H15ClFN3S/c1-4-7(6-16-3)15(2)9-8(12)5-13-10(11)14-9/h5,7H,4,6H2,1-3H3. The van der Waals surface area contributed by atoms with E-state index in [2.05, 4.69) is 16.9 Å². The Bertz CT molecular complexity index is 351. The van der Waals surface area contributed by atoms with Crippen molar-refractivity contribution in [2.45, 2.75) is 19.4 Å². The Hall–Kier alpha value is -0.550. The largest absolute Gasteiger partial charge is 0.353 e. The fourth-order valence-corrected chi connectivity index (χ4v) is 2.43. The van der Waals surface area contributed by atoms with Crippen molar-refractivity contribution in [2.24, 2.45) is 0 Å². The lowest BCUT2D eigenvalue weighted by Gasteiger charge is -2.27. The number of hydrogen-bond acceptors (Lipinski definition) is 4. The molecule has 0 N–H and O–H groups in total. The summed E-state index contributed by atoms with van der Waals surface area (Å²) in [6, 6.07) is 0.246. The van der Waals surface area contributed by atoms with Gasteiger partial charge < -0.3 is 4.90 Å². The van der Waals surface area contributed by atoms with Crippen LogP contribution in [0.3, 0.4) is 0 Å². The van der Waals surface area contributed by atoms with Crippen LogP contribution in [0.15, 0.2) is 6.20 Å². The third-order valence-corrected chi connectivity index (χ3v) is 3.31. The van der Waals surface area contributed by atoms with E-state index in [0.717, 1.165) is 18.4 Å². The molecule has 1 aromatic rings. The number of aromatic nitrogens is 2. The van der Waals surface area contributed by atoms with Gasteiger partial charge in [-0.3, -0.25) is 0 Å². The second-order valence-electron chi connectivity index (χ2n) is 3.44. The Kier molecular flexibility index (Phi) is 5.28. The minimum atomic E-state index is -0.438. The van der Waals surface area contributed by atoms with Gasteiger partial charge in [-0.15, -0.1) is 0 Å². The van der Waals surface area contributed by atoms with Crippen molar-refractivity contribution in [3.05, 3.63) is 17.3 Å². The molecule has 1 aromatic heterocycles. The van der Waals surface area contributed by atoms with Gasteiger partial charge in [0.2, 0.25) is 5.28 Å². The highest BCUT2D eigenvalue weighted by Crippen LogP contribution is 2.20. The predicted octanol–water partition coefficient (Wildman–Crippen LogP) is 2.85. The zero-order chi connectivity index (χ0) is 12.1. The van der Waals surface area contributed by atoms with Gasteiger partial charge in [0.1, 0.15) is 0 Å². The van der Waals surface area contributed by atoms with Crippen LogP contribution in [-0.2, 0) is 0 Å². The molecule has 6 heteroatoms. The van der Waals surface area contributed by atoms with Crippen LogP contribution in [-0.4, -0.2) is 35.1 Å². The number of nitrogens with zero attached hydrogens (tertiary/aromatic N) is 3. The highest BCUT2D eigenvalue weighted by molar-refractivity contribution is 7.98. The zero-order valence-corrected chi connectivity index (χ0v) is 11.1. The molecule has 0 aliphatic rings. The van der Waals surface area contributed by atoms with E-state index in [1.807, 2.05) is 18.2 Å². The minimum absolute atomic E-state index is 0.0715. The molecular weight excluding hydrogens is 249 g/mol. The Morgan fingerprint density at radius 1 is 1.62 bits per heavy atom. The monoisotopic (exact) mass is 263 g/mol. The average Bonchev–Trinajstić information content (AvgIpc) is 2.28. The van der Waals surface area contributed by atoms with Gasteiger partial charge in [0.25, 0.3) is 0 Å². The quantitative estimate of drug-likeness (QED) is 0.764. The fraction of sp³-hybridized carbons (Fsp3) is 0.600. The van der Waals surface area contributed by atoms with E-state index >= 15 is 0 Å². The van der Waals surface area contributed by atoms with Crippen LogP contribution >= 0.6 is 23.4 Å². The Labute approximate surface area is 104 Å². The summed E-state index contributed by atoms with van der Waals surface area (Å²) < 4.78 is 13.5. The van der Waals surface area contributed by atoms with Gasteiger partial charge in [-0.1, -0.05) is 6.92 Å². The van der Waals surface area contributed by atoms with E-state index in [9.17, 15) is 4.39 Å². The summed E-state index contributed by atoms with van der Waals surface area (Å²) in [7, 11) is 1.83. The molecule has 0 radical (unpaired) electrons. The molecule has 0 aliphatic heterocycles. The van der Waals surface area contributed by atoms with Crippen LogP contribution in [0.4, 0.5) is 10.2 Å². The SMILES string of the molecule is CCC(CSC)N(C)c1nc(Cl)ncc1F. The maximum Gasteiger partial charge on any atom is 0.224 e. The van der Waals surface area contributed by atoms with E-state index < -0.39 is 5.82 Å². The molecule has 1 rings (SSSR count). The first-order valence-corrected chi connectivity index (χ1v) is 6.77. The Balaban J connectivity index is 2.93. The van der Waals surface area contributed by atoms with Crippen molar-refractivity contribution >= 4 is 29.2 Å². The Morgan fingerprint density at radius 2 is 2.31 bits per heavy atom. The predicted molar refractivity (Wildman–Crippen MR) is 67.9 cm³/mol. The van der Waals surface area contributed by atoms with Crippen molar-refractivity contribution in [1.82, 2.24) is 9.97 Å². The summed E-state index contributed by atoms with van der Waals surface area (Å²) >= 11 is 7.39. The number of thioether (sulfide) groups is 1. The topological polar surface area (TPSA) is 29.0 Å². The second kappa shape index (κ2) is 6.25. The molecule has 0 bridgehead atoms. The minimum Gasteiger partial charge on any atom is -0.353 e. The van der Waals surface area contributed by atoms with Crippen LogP contribution < -0.4 is 4.90 Å². The number of rotatable bonds is 5. The van der Waals surface area contributed by atoms with Crippen molar-refractivity contribution in [1.29, 1.82) is 0 Å². The van der Waals surface area contributed by atoms with Crippen molar-refractivity contribution in [3.63, 3.8) is 0 Å². The summed E-state index contributed by atoms with van der Waals surface area (Å²) in [5.74, 6) is 0.751. The van der Waals surface area contributed by atoms with E-state index in [4.69, 9.17) is 11.6 Å². The molecule has 0 spiro atoms. The maximum absolute atomic E-state index is 13.5. The normalized spacial score (nSPS) is 12.6. The molecule has 3 nitrogen and oxygen atoms in total. The van der Waals surface area contributed by atoms with Gasteiger partial charge >= 0.3 is 0 Å². The molecule has 0 fully saturated rings. The third kappa shape index (κ3) is 3.22. The lowest BCUT2D eigenvalue weighted by molar-refractivity contribution is 0.586. The smallest absolute Gasteiger partial charge is 0.224 e. The third-order valence-electron chi connectivity index (χ3n) is 2.41. The zero-order valence-electron chi connectivity index (χ0n) is 9.57. The van der Waals surface area contributed by atoms with E-state index in [0.29, 0.717) is 0 Å². The van der Waals surface area contributed by atoms with Gasteiger partial charge in [0.05, 0.1) is 6.20 Å². The molecule has 16 heavy (non-hydrogen) atoms. The second-order valence-corrected chi connectivity index (χ2v) is 4.69.